The predicted octanol–water partition coefficient (Wildman–Crippen LogP) is 4.77. The summed E-state index contributed by atoms with van der Waals surface area (Å²) in [6.45, 7) is 1.28. The van der Waals surface area contributed by atoms with E-state index >= 15 is 0 Å². The number of benzene rings is 2. The summed E-state index contributed by atoms with van der Waals surface area (Å²) < 4.78 is 27.5. The van der Waals surface area contributed by atoms with Gasteiger partial charge in [-0.3, -0.25) is 0 Å². The number of carbonyl (C=O) groups excluding carboxylic acids is 1. The van der Waals surface area contributed by atoms with Crippen molar-refractivity contribution in [2.24, 2.45) is 5.92 Å². The molecular formula is C25H27F2N3O2. The minimum absolute atomic E-state index is 0.00219. The molecule has 0 spiro atoms. The number of fused-ring (bicyclic) bond motifs is 1. The number of aliphatic hydroxyl groups excluding tert-OH is 1. The lowest BCUT2D eigenvalue weighted by Crippen LogP contribution is -2.46. The van der Waals surface area contributed by atoms with E-state index in [1.807, 2.05) is 0 Å². The highest BCUT2D eigenvalue weighted by molar-refractivity contribution is 5.91. The van der Waals surface area contributed by atoms with Gasteiger partial charge in [-0.15, -0.1) is 0 Å². The van der Waals surface area contributed by atoms with E-state index in [0.717, 1.165) is 53.4 Å². The molecule has 2 aliphatic rings. The maximum Gasteiger partial charge on any atom is 0.317 e. The summed E-state index contributed by atoms with van der Waals surface area (Å²) >= 11 is 0. The lowest BCUT2D eigenvalue weighted by molar-refractivity contribution is 0.153. The van der Waals surface area contributed by atoms with E-state index in [2.05, 4.69) is 10.3 Å². The summed E-state index contributed by atoms with van der Waals surface area (Å²) in [6, 6.07) is 10.9. The van der Waals surface area contributed by atoms with E-state index in [1.54, 1.807) is 29.2 Å². The van der Waals surface area contributed by atoms with Crippen LogP contribution in [0.4, 0.5) is 13.6 Å². The first-order valence-corrected chi connectivity index (χ1v) is 11.3. The Kier molecular flexibility index (Phi) is 5.59. The van der Waals surface area contributed by atoms with Crippen molar-refractivity contribution in [1.29, 1.82) is 0 Å². The maximum absolute atomic E-state index is 14.0. The molecule has 2 amide bonds. The molecule has 1 aliphatic heterocycles. The second-order valence-electron chi connectivity index (χ2n) is 9.00. The van der Waals surface area contributed by atoms with Crippen LogP contribution >= 0.6 is 0 Å². The van der Waals surface area contributed by atoms with Crippen molar-refractivity contribution in [3.05, 3.63) is 59.7 Å². The number of amides is 2. The molecule has 7 heteroatoms. The van der Waals surface area contributed by atoms with Crippen LogP contribution in [0.15, 0.2) is 42.5 Å². The number of urea groups is 1. The van der Waals surface area contributed by atoms with Crippen molar-refractivity contribution in [1.82, 2.24) is 15.2 Å². The number of rotatable bonds is 5. The first-order chi connectivity index (χ1) is 15.5. The molecule has 3 N–H and O–H groups in total. The van der Waals surface area contributed by atoms with Gasteiger partial charge in [0, 0.05) is 29.7 Å². The van der Waals surface area contributed by atoms with Crippen LogP contribution in [0.3, 0.4) is 0 Å². The Morgan fingerprint density at radius 1 is 1.12 bits per heavy atom. The molecule has 0 bridgehead atoms. The minimum Gasteiger partial charge on any atom is -0.394 e. The van der Waals surface area contributed by atoms with Crippen molar-refractivity contribution in [3.8, 4) is 11.3 Å². The number of nitrogens with zero attached hydrogens (tertiary/aromatic N) is 1. The van der Waals surface area contributed by atoms with Crippen LogP contribution < -0.4 is 5.32 Å². The minimum atomic E-state index is -0.293. The third kappa shape index (κ3) is 3.86. The number of nitrogens with one attached hydrogen (secondary N) is 2. The number of aromatic nitrogens is 1. The van der Waals surface area contributed by atoms with Gasteiger partial charge in [0.15, 0.2) is 0 Å². The lowest BCUT2D eigenvalue weighted by Gasteiger charge is -2.37. The summed E-state index contributed by atoms with van der Waals surface area (Å²) in [4.78, 5) is 17.6. The van der Waals surface area contributed by atoms with E-state index in [4.69, 9.17) is 0 Å². The van der Waals surface area contributed by atoms with Gasteiger partial charge in [0.1, 0.15) is 11.6 Å². The van der Waals surface area contributed by atoms with E-state index in [0.29, 0.717) is 19.0 Å². The first kappa shape index (κ1) is 20.9. The molecule has 32 heavy (non-hydrogen) atoms. The molecule has 5 rings (SSSR count). The third-order valence-electron chi connectivity index (χ3n) is 6.97. The quantitative estimate of drug-likeness (QED) is 0.536. The Balaban J connectivity index is 1.31. The fourth-order valence-electron chi connectivity index (χ4n) is 5.22. The van der Waals surface area contributed by atoms with Crippen molar-refractivity contribution >= 4 is 16.9 Å². The van der Waals surface area contributed by atoms with E-state index < -0.39 is 0 Å². The van der Waals surface area contributed by atoms with Gasteiger partial charge in [0.2, 0.25) is 0 Å². The van der Waals surface area contributed by atoms with Crippen LogP contribution in [-0.2, 0) is 0 Å². The molecular weight excluding hydrogens is 412 g/mol. The molecule has 1 aliphatic carbocycles. The average Bonchev–Trinajstić information content (AvgIpc) is 3.38. The zero-order valence-electron chi connectivity index (χ0n) is 17.8. The average molecular weight is 440 g/mol. The van der Waals surface area contributed by atoms with Crippen LogP contribution in [-0.4, -0.2) is 46.8 Å². The SMILES string of the molecule is O=C(NC[C@H]1C[C@H](c2c(-c3ccc(F)cc3)[nH]c3ccc(F)cc32)C1)N1CCC[C@@H]1CO. The summed E-state index contributed by atoms with van der Waals surface area (Å²) in [5.41, 5.74) is 3.70. The molecule has 5 nitrogen and oxygen atoms in total. The summed E-state index contributed by atoms with van der Waals surface area (Å²) in [6.07, 6.45) is 3.55. The monoisotopic (exact) mass is 439 g/mol. The molecule has 1 saturated carbocycles. The number of H-pyrrole nitrogens is 1. The number of hydrogen-bond acceptors (Lipinski definition) is 2. The van der Waals surface area contributed by atoms with E-state index in [-0.39, 0.29) is 36.2 Å². The zero-order chi connectivity index (χ0) is 22.2. The number of carbonyl (C=O) groups is 1. The van der Waals surface area contributed by atoms with Gasteiger partial charge in [-0.25, -0.2) is 13.6 Å². The molecule has 1 aromatic heterocycles. The number of hydrogen-bond donors (Lipinski definition) is 3. The number of likely N-dealkylation sites (tertiary alicyclic amines) is 1. The van der Waals surface area contributed by atoms with Gasteiger partial charge < -0.3 is 20.3 Å². The highest BCUT2D eigenvalue weighted by Gasteiger charge is 2.35. The van der Waals surface area contributed by atoms with Crippen LogP contribution in [0.2, 0.25) is 0 Å². The summed E-state index contributed by atoms with van der Waals surface area (Å²) in [7, 11) is 0. The highest BCUT2D eigenvalue weighted by Crippen LogP contribution is 2.47. The van der Waals surface area contributed by atoms with Crippen LogP contribution in [0.25, 0.3) is 22.2 Å². The van der Waals surface area contributed by atoms with Gasteiger partial charge in [-0.05, 0) is 91.1 Å². The standard InChI is InChI=1S/C25H27F2N3O2/c26-18-5-3-16(4-6-18)24-23(21-12-19(27)7-8-22(21)29-24)17-10-15(11-17)13-28-25(32)30-9-1-2-20(30)14-31/h3-8,12,15,17,20,29,31H,1-2,9-11,13-14H2,(H,28,32)/t15-,17-,20-/m1/s1. The molecule has 0 radical (unpaired) electrons. The van der Waals surface area contributed by atoms with Crippen LogP contribution in [0.1, 0.15) is 37.2 Å². The molecule has 1 saturated heterocycles. The van der Waals surface area contributed by atoms with Crippen molar-refractivity contribution in [2.75, 3.05) is 19.7 Å². The van der Waals surface area contributed by atoms with Crippen LogP contribution in [0, 0.1) is 17.6 Å². The smallest absolute Gasteiger partial charge is 0.317 e. The maximum atomic E-state index is 14.0. The van der Waals surface area contributed by atoms with Gasteiger partial charge in [-0.2, -0.15) is 0 Å². The first-order valence-electron chi connectivity index (χ1n) is 11.3. The third-order valence-corrected chi connectivity index (χ3v) is 6.97. The highest BCUT2D eigenvalue weighted by atomic mass is 19.1. The van der Waals surface area contributed by atoms with Gasteiger partial charge >= 0.3 is 6.03 Å². The molecule has 3 aromatic rings. The number of aromatic amines is 1. The molecule has 168 valence electrons. The number of halogens is 2. The van der Waals surface area contributed by atoms with E-state index in [9.17, 15) is 18.7 Å². The molecule has 2 aromatic carbocycles. The van der Waals surface area contributed by atoms with E-state index in [1.165, 1.54) is 18.2 Å². The zero-order valence-corrected chi connectivity index (χ0v) is 17.8. The molecule has 1 atom stereocenters. The lowest BCUT2D eigenvalue weighted by atomic mass is 9.70. The second kappa shape index (κ2) is 8.54. The summed E-state index contributed by atoms with van der Waals surface area (Å²) in [5.74, 6) is 0.0112. The Bertz CT molecular complexity index is 1120. The molecule has 2 heterocycles. The largest absolute Gasteiger partial charge is 0.394 e. The van der Waals surface area contributed by atoms with Crippen molar-refractivity contribution in [3.63, 3.8) is 0 Å². The fourth-order valence-corrected chi connectivity index (χ4v) is 5.22. The Labute approximate surface area is 185 Å². The predicted molar refractivity (Wildman–Crippen MR) is 119 cm³/mol. The Morgan fingerprint density at radius 3 is 2.62 bits per heavy atom. The fraction of sp³-hybridized carbons (Fsp3) is 0.400. The number of aliphatic hydroxyl groups is 1. The topological polar surface area (TPSA) is 68.4 Å². The van der Waals surface area contributed by atoms with Gasteiger partial charge in [-0.1, -0.05) is 0 Å². The molecule has 2 fully saturated rings. The van der Waals surface area contributed by atoms with Gasteiger partial charge in [0.05, 0.1) is 12.6 Å². The Morgan fingerprint density at radius 2 is 1.88 bits per heavy atom. The second-order valence-corrected chi connectivity index (χ2v) is 9.00. The van der Waals surface area contributed by atoms with Crippen molar-refractivity contribution in [2.45, 2.75) is 37.6 Å². The Hall–Kier alpha value is -2.93. The van der Waals surface area contributed by atoms with Crippen molar-refractivity contribution < 1.29 is 18.7 Å². The summed E-state index contributed by atoms with van der Waals surface area (Å²) in [5, 5.41) is 13.3. The molecule has 0 unspecified atom stereocenters. The van der Waals surface area contributed by atoms with Gasteiger partial charge in [0.25, 0.3) is 0 Å². The van der Waals surface area contributed by atoms with Crippen LogP contribution in [0.5, 0.6) is 0 Å². The normalized spacial score (nSPS) is 22.8.